The minimum absolute atomic E-state index is 0.179. The molecular formula is C13H20S. The summed E-state index contributed by atoms with van der Waals surface area (Å²) in [7, 11) is 0. The van der Waals surface area contributed by atoms with Crippen molar-refractivity contribution in [3.63, 3.8) is 0 Å². The van der Waals surface area contributed by atoms with Crippen LogP contribution >= 0.6 is 12.6 Å². The number of rotatable bonds is 0. The van der Waals surface area contributed by atoms with E-state index in [4.69, 9.17) is 0 Å². The average molecular weight is 208 g/mol. The Morgan fingerprint density at radius 1 is 1.00 bits per heavy atom. The summed E-state index contributed by atoms with van der Waals surface area (Å²) in [5.41, 5.74) is 5.59. The monoisotopic (exact) mass is 208 g/mol. The van der Waals surface area contributed by atoms with Gasteiger partial charge < -0.3 is 0 Å². The van der Waals surface area contributed by atoms with Crippen LogP contribution in [0.3, 0.4) is 0 Å². The Morgan fingerprint density at radius 3 is 1.93 bits per heavy atom. The fraction of sp³-hybridized carbons (Fsp3) is 0.538. The van der Waals surface area contributed by atoms with Gasteiger partial charge in [-0.15, -0.1) is 12.6 Å². The molecule has 0 aliphatic heterocycles. The molecule has 0 saturated heterocycles. The lowest BCUT2D eigenvalue weighted by Crippen LogP contribution is -2.15. The Hall–Kier alpha value is -0.430. The van der Waals surface area contributed by atoms with Crippen molar-refractivity contribution >= 4 is 12.6 Å². The maximum atomic E-state index is 4.62. The number of thiol groups is 1. The van der Waals surface area contributed by atoms with Crippen molar-refractivity contribution in [2.45, 2.75) is 51.9 Å². The van der Waals surface area contributed by atoms with Crippen molar-refractivity contribution < 1.29 is 0 Å². The smallest absolute Gasteiger partial charge is 0.0109 e. The van der Waals surface area contributed by atoms with Crippen molar-refractivity contribution in [1.29, 1.82) is 0 Å². The van der Waals surface area contributed by atoms with Crippen LogP contribution in [0.15, 0.2) is 11.0 Å². The van der Waals surface area contributed by atoms with E-state index in [9.17, 15) is 0 Å². The highest BCUT2D eigenvalue weighted by atomic mass is 32.1. The van der Waals surface area contributed by atoms with Crippen LogP contribution in [0.25, 0.3) is 0 Å². The summed E-state index contributed by atoms with van der Waals surface area (Å²) < 4.78 is 0. The summed E-state index contributed by atoms with van der Waals surface area (Å²) in [5, 5.41) is 0. The number of aryl methyl sites for hydroxylation is 2. The molecule has 0 saturated carbocycles. The van der Waals surface area contributed by atoms with Crippen LogP contribution in [0, 0.1) is 20.8 Å². The number of hydrogen-bond acceptors (Lipinski definition) is 1. The molecular weight excluding hydrogens is 188 g/mol. The lowest BCUT2D eigenvalue weighted by molar-refractivity contribution is 0.572. The molecule has 0 spiro atoms. The molecule has 0 unspecified atom stereocenters. The van der Waals surface area contributed by atoms with E-state index in [0.29, 0.717) is 0 Å². The topological polar surface area (TPSA) is 0 Å². The van der Waals surface area contributed by atoms with Gasteiger partial charge >= 0.3 is 0 Å². The predicted octanol–water partition coefficient (Wildman–Crippen LogP) is 4.20. The van der Waals surface area contributed by atoms with Crippen LogP contribution in [-0.2, 0) is 5.41 Å². The Morgan fingerprint density at radius 2 is 1.50 bits per heavy atom. The number of hydrogen-bond donors (Lipinski definition) is 1. The normalized spacial score (nSPS) is 11.9. The first-order valence-corrected chi connectivity index (χ1v) is 5.50. The van der Waals surface area contributed by atoms with Gasteiger partial charge in [-0.25, -0.2) is 0 Å². The van der Waals surface area contributed by atoms with E-state index >= 15 is 0 Å². The molecule has 0 aliphatic carbocycles. The Labute approximate surface area is 93.1 Å². The second-order valence-corrected chi connectivity index (χ2v) is 5.56. The van der Waals surface area contributed by atoms with Gasteiger partial charge in [0.25, 0.3) is 0 Å². The van der Waals surface area contributed by atoms with Gasteiger partial charge in [0.2, 0.25) is 0 Å². The van der Waals surface area contributed by atoms with Crippen molar-refractivity contribution in [3.8, 4) is 0 Å². The molecule has 1 aromatic rings. The first kappa shape index (κ1) is 11.6. The van der Waals surface area contributed by atoms with E-state index in [-0.39, 0.29) is 5.41 Å². The molecule has 0 aliphatic rings. The van der Waals surface area contributed by atoms with Crippen LogP contribution in [-0.4, -0.2) is 0 Å². The van der Waals surface area contributed by atoms with Gasteiger partial charge in [-0.3, -0.25) is 0 Å². The van der Waals surface area contributed by atoms with Gasteiger partial charge in [-0.05, 0) is 48.4 Å². The minimum atomic E-state index is 0.179. The summed E-state index contributed by atoms with van der Waals surface area (Å²) in [5.74, 6) is 0. The molecule has 0 nitrogen and oxygen atoms in total. The van der Waals surface area contributed by atoms with E-state index in [2.05, 4.69) is 60.2 Å². The third kappa shape index (κ3) is 1.98. The third-order valence-electron chi connectivity index (χ3n) is 2.76. The van der Waals surface area contributed by atoms with E-state index in [1.54, 1.807) is 0 Å². The quantitative estimate of drug-likeness (QED) is 0.607. The van der Waals surface area contributed by atoms with Crippen LogP contribution < -0.4 is 0 Å². The first-order valence-electron chi connectivity index (χ1n) is 5.05. The fourth-order valence-electron chi connectivity index (χ4n) is 1.99. The first-order chi connectivity index (χ1) is 6.25. The highest BCUT2D eigenvalue weighted by molar-refractivity contribution is 7.80. The van der Waals surface area contributed by atoms with E-state index in [0.717, 1.165) is 4.90 Å². The van der Waals surface area contributed by atoms with Crippen molar-refractivity contribution in [2.24, 2.45) is 0 Å². The van der Waals surface area contributed by atoms with Crippen LogP contribution in [0.1, 0.15) is 43.0 Å². The Bertz CT molecular complexity index is 330. The van der Waals surface area contributed by atoms with Crippen molar-refractivity contribution in [1.82, 2.24) is 0 Å². The number of benzene rings is 1. The van der Waals surface area contributed by atoms with Crippen LogP contribution in [0.4, 0.5) is 0 Å². The zero-order chi connectivity index (χ0) is 11.1. The fourth-order valence-corrected chi connectivity index (χ4v) is 2.56. The maximum absolute atomic E-state index is 4.62. The average Bonchev–Trinajstić information content (AvgIpc) is 1.98. The zero-order valence-electron chi connectivity index (χ0n) is 10.0. The summed E-state index contributed by atoms with van der Waals surface area (Å²) in [6.45, 7) is 13.2. The van der Waals surface area contributed by atoms with Crippen LogP contribution in [0.5, 0.6) is 0 Å². The van der Waals surface area contributed by atoms with Crippen molar-refractivity contribution in [3.05, 3.63) is 28.3 Å². The highest BCUT2D eigenvalue weighted by Gasteiger charge is 2.21. The Balaban J connectivity index is 3.56. The predicted molar refractivity (Wildman–Crippen MR) is 66.6 cm³/mol. The van der Waals surface area contributed by atoms with Gasteiger partial charge in [0.1, 0.15) is 0 Å². The standard InChI is InChI=1S/C13H20S/c1-8-7-9(2)12(14)11(10(8)3)13(4,5)6/h7,14H,1-6H3. The molecule has 0 fully saturated rings. The molecule has 0 radical (unpaired) electrons. The Kier molecular flexibility index (Phi) is 3.01. The van der Waals surface area contributed by atoms with Gasteiger partial charge in [0.05, 0.1) is 0 Å². The van der Waals surface area contributed by atoms with Gasteiger partial charge in [-0.2, -0.15) is 0 Å². The van der Waals surface area contributed by atoms with E-state index in [1.165, 1.54) is 22.3 Å². The lowest BCUT2D eigenvalue weighted by atomic mass is 9.81. The second kappa shape index (κ2) is 3.62. The largest absolute Gasteiger partial charge is 0.143 e. The molecule has 0 aromatic heterocycles. The molecule has 0 amide bonds. The highest BCUT2D eigenvalue weighted by Crippen LogP contribution is 2.34. The molecule has 0 N–H and O–H groups in total. The third-order valence-corrected chi connectivity index (χ3v) is 3.34. The molecule has 0 atom stereocenters. The molecule has 0 bridgehead atoms. The summed E-state index contributed by atoms with van der Waals surface area (Å²) in [4.78, 5) is 1.15. The van der Waals surface area contributed by atoms with Gasteiger partial charge in [0, 0.05) is 4.90 Å². The van der Waals surface area contributed by atoms with Gasteiger partial charge in [-0.1, -0.05) is 26.8 Å². The van der Waals surface area contributed by atoms with E-state index < -0.39 is 0 Å². The lowest BCUT2D eigenvalue weighted by Gasteiger charge is -2.26. The molecule has 78 valence electrons. The maximum Gasteiger partial charge on any atom is 0.0109 e. The van der Waals surface area contributed by atoms with Crippen LogP contribution in [0.2, 0.25) is 0 Å². The molecule has 14 heavy (non-hydrogen) atoms. The summed E-state index contributed by atoms with van der Waals surface area (Å²) in [6, 6.07) is 2.22. The van der Waals surface area contributed by atoms with E-state index in [1.807, 2.05) is 0 Å². The molecule has 1 aromatic carbocycles. The van der Waals surface area contributed by atoms with Crippen molar-refractivity contribution in [2.75, 3.05) is 0 Å². The minimum Gasteiger partial charge on any atom is -0.143 e. The zero-order valence-corrected chi connectivity index (χ0v) is 10.9. The van der Waals surface area contributed by atoms with Gasteiger partial charge in [0.15, 0.2) is 0 Å². The molecule has 1 rings (SSSR count). The summed E-state index contributed by atoms with van der Waals surface area (Å²) in [6.07, 6.45) is 0. The molecule has 0 heterocycles. The summed E-state index contributed by atoms with van der Waals surface area (Å²) >= 11 is 4.62. The SMILES string of the molecule is Cc1cc(C)c(S)c(C(C)(C)C)c1C. The second-order valence-electron chi connectivity index (χ2n) is 5.11. The molecule has 1 heteroatoms.